The van der Waals surface area contributed by atoms with Crippen LogP contribution in [-0.2, 0) is 6.54 Å². The van der Waals surface area contributed by atoms with Gasteiger partial charge in [0.25, 0.3) is 0 Å². The molecule has 0 amide bonds. The number of hydrogen-bond donors (Lipinski definition) is 0. The van der Waals surface area contributed by atoms with Crippen LogP contribution in [0.25, 0.3) is 0 Å². The van der Waals surface area contributed by atoms with Gasteiger partial charge in [0.1, 0.15) is 0 Å². The van der Waals surface area contributed by atoms with Crippen LogP contribution in [0.15, 0.2) is 42.5 Å². The largest absolute Gasteiger partial charge is 0.370 e. The van der Waals surface area contributed by atoms with Crippen molar-refractivity contribution in [2.45, 2.75) is 20.4 Å². The van der Waals surface area contributed by atoms with Crippen molar-refractivity contribution in [3.05, 3.63) is 64.7 Å². The average Bonchev–Trinajstić information content (AvgIpc) is 2.43. The van der Waals surface area contributed by atoms with E-state index < -0.39 is 0 Å². The highest BCUT2D eigenvalue weighted by Crippen LogP contribution is 2.20. The van der Waals surface area contributed by atoms with Gasteiger partial charge in [0.15, 0.2) is 0 Å². The van der Waals surface area contributed by atoms with Crippen LogP contribution >= 0.6 is 0 Å². The Labute approximate surface area is 114 Å². The van der Waals surface area contributed by atoms with E-state index in [0.717, 1.165) is 12.2 Å². The molecule has 0 fully saturated rings. The first-order chi connectivity index (χ1) is 9.11. The number of nitrogens with zero attached hydrogens (tertiary/aromatic N) is 2. The lowest BCUT2D eigenvalue weighted by molar-refractivity contribution is 0.905. The maximum Gasteiger partial charge on any atom is 0.0991 e. The quantitative estimate of drug-likeness (QED) is 0.828. The Morgan fingerprint density at radius 1 is 1.00 bits per heavy atom. The van der Waals surface area contributed by atoms with Crippen molar-refractivity contribution < 1.29 is 0 Å². The molecule has 0 heterocycles. The summed E-state index contributed by atoms with van der Waals surface area (Å²) in [5, 5.41) is 8.81. The van der Waals surface area contributed by atoms with Gasteiger partial charge in [0.2, 0.25) is 0 Å². The fourth-order valence-corrected chi connectivity index (χ4v) is 2.22. The van der Waals surface area contributed by atoms with E-state index in [2.05, 4.69) is 50.1 Å². The molecule has 2 rings (SSSR count). The molecular formula is C17H18N2. The lowest BCUT2D eigenvalue weighted by atomic mass is 10.0. The standard InChI is InChI=1S/C17H18N2/c1-13-5-4-6-14(2)17(13)12-19(3)16-9-7-15(11-18)8-10-16/h4-10H,12H2,1-3H3. The van der Waals surface area contributed by atoms with Gasteiger partial charge in [-0.05, 0) is 54.8 Å². The third-order valence-electron chi connectivity index (χ3n) is 3.48. The molecule has 0 spiro atoms. The maximum atomic E-state index is 8.81. The van der Waals surface area contributed by atoms with Gasteiger partial charge in [-0.25, -0.2) is 0 Å². The average molecular weight is 250 g/mol. The van der Waals surface area contributed by atoms with Crippen molar-refractivity contribution in [2.24, 2.45) is 0 Å². The summed E-state index contributed by atoms with van der Waals surface area (Å²) in [5.74, 6) is 0. The van der Waals surface area contributed by atoms with Gasteiger partial charge >= 0.3 is 0 Å². The second-order valence-electron chi connectivity index (χ2n) is 4.89. The fraction of sp³-hybridized carbons (Fsp3) is 0.235. The molecule has 0 unspecified atom stereocenters. The Kier molecular flexibility index (Phi) is 3.87. The van der Waals surface area contributed by atoms with E-state index in [1.54, 1.807) is 0 Å². The Morgan fingerprint density at radius 2 is 1.58 bits per heavy atom. The van der Waals surface area contributed by atoms with Gasteiger partial charge in [0.05, 0.1) is 11.6 Å². The molecule has 0 aliphatic carbocycles. The summed E-state index contributed by atoms with van der Waals surface area (Å²) in [6, 6.07) is 16.2. The Hall–Kier alpha value is -2.27. The van der Waals surface area contributed by atoms with Crippen LogP contribution < -0.4 is 4.90 Å². The molecular weight excluding hydrogens is 232 g/mol. The van der Waals surface area contributed by atoms with E-state index in [1.807, 2.05) is 24.3 Å². The number of rotatable bonds is 3. The summed E-state index contributed by atoms with van der Waals surface area (Å²) in [6.07, 6.45) is 0. The summed E-state index contributed by atoms with van der Waals surface area (Å²) in [7, 11) is 2.08. The lowest BCUT2D eigenvalue weighted by Crippen LogP contribution is -2.17. The Bertz CT molecular complexity index is 586. The van der Waals surface area contributed by atoms with Crippen LogP contribution in [0.2, 0.25) is 0 Å². The monoisotopic (exact) mass is 250 g/mol. The van der Waals surface area contributed by atoms with Gasteiger partial charge in [0, 0.05) is 19.3 Å². The first-order valence-electron chi connectivity index (χ1n) is 6.38. The first kappa shape index (κ1) is 13.2. The highest BCUT2D eigenvalue weighted by atomic mass is 15.1. The first-order valence-corrected chi connectivity index (χ1v) is 6.38. The molecule has 2 aromatic carbocycles. The van der Waals surface area contributed by atoms with Crippen molar-refractivity contribution in [3.63, 3.8) is 0 Å². The zero-order chi connectivity index (χ0) is 13.8. The number of nitriles is 1. The molecule has 0 N–H and O–H groups in total. The fourth-order valence-electron chi connectivity index (χ4n) is 2.22. The minimum absolute atomic E-state index is 0.698. The van der Waals surface area contributed by atoms with Gasteiger partial charge in [-0.15, -0.1) is 0 Å². The van der Waals surface area contributed by atoms with E-state index in [1.165, 1.54) is 16.7 Å². The SMILES string of the molecule is Cc1cccc(C)c1CN(C)c1ccc(C#N)cc1. The predicted molar refractivity (Wildman–Crippen MR) is 79.2 cm³/mol. The van der Waals surface area contributed by atoms with E-state index in [9.17, 15) is 0 Å². The van der Waals surface area contributed by atoms with E-state index in [-0.39, 0.29) is 0 Å². The molecule has 2 heteroatoms. The van der Waals surface area contributed by atoms with Gasteiger partial charge in [-0.1, -0.05) is 18.2 Å². The smallest absolute Gasteiger partial charge is 0.0991 e. The van der Waals surface area contributed by atoms with E-state index >= 15 is 0 Å². The molecule has 2 nitrogen and oxygen atoms in total. The third-order valence-corrected chi connectivity index (χ3v) is 3.48. The van der Waals surface area contributed by atoms with Crippen molar-refractivity contribution in [3.8, 4) is 6.07 Å². The Balaban J connectivity index is 2.21. The van der Waals surface area contributed by atoms with Gasteiger partial charge < -0.3 is 4.90 Å². The van der Waals surface area contributed by atoms with Crippen molar-refractivity contribution >= 4 is 5.69 Å². The minimum atomic E-state index is 0.698. The predicted octanol–water partition coefficient (Wildman–Crippen LogP) is 3.81. The maximum absolute atomic E-state index is 8.81. The number of aryl methyl sites for hydroxylation is 2. The van der Waals surface area contributed by atoms with E-state index in [4.69, 9.17) is 5.26 Å². The summed E-state index contributed by atoms with van der Waals surface area (Å²) >= 11 is 0. The zero-order valence-corrected chi connectivity index (χ0v) is 11.6. The molecule has 96 valence electrons. The molecule has 0 bridgehead atoms. The van der Waals surface area contributed by atoms with E-state index in [0.29, 0.717) is 5.56 Å². The van der Waals surface area contributed by atoms with Crippen LogP contribution in [0.1, 0.15) is 22.3 Å². The number of hydrogen-bond acceptors (Lipinski definition) is 2. The third kappa shape index (κ3) is 2.95. The minimum Gasteiger partial charge on any atom is -0.370 e. The van der Waals surface area contributed by atoms with Crippen LogP contribution in [-0.4, -0.2) is 7.05 Å². The summed E-state index contributed by atoms with van der Waals surface area (Å²) in [4.78, 5) is 2.20. The summed E-state index contributed by atoms with van der Waals surface area (Å²) in [6.45, 7) is 5.17. The Morgan fingerprint density at radius 3 is 2.11 bits per heavy atom. The van der Waals surface area contributed by atoms with Gasteiger partial charge in [-0.3, -0.25) is 0 Å². The topological polar surface area (TPSA) is 27.0 Å². The zero-order valence-electron chi connectivity index (χ0n) is 11.6. The summed E-state index contributed by atoms with van der Waals surface area (Å²) < 4.78 is 0. The highest BCUT2D eigenvalue weighted by Gasteiger charge is 2.06. The highest BCUT2D eigenvalue weighted by molar-refractivity contribution is 5.50. The van der Waals surface area contributed by atoms with Crippen LogP contribution in [0, 0.1) is 25.2 Å². The molecule has 0 aliphatic heterocycles. The number of benzene rings is 2. The molecule has 0 aliphatic rings. The molecule has 0 aromatic heterocycles. The molecule has 0 saturated heterocycles. The molecule has 0 saturated carbocycles. The number of anilines is 1. The van der Waals surface area contributed by atoms with Crippen LogP contribution in [0.3, 0.4) is 0 Å². The van der Waals surface area contributed by atoms with Crippen molar-refractivity contribution in [2.75, 3.05) is 11.9 Å². The normalized spacial score (nSPS) is 10.0. The van der Waals surface area contributed by atoms with Crippen LogP contribution in [0.4, 0.5) is 5.69 Å². The molecule has 19 heavy (non-hydrogen) atoms. The van der Waals surface area contributed by atoms with Gasteiger partial charge in [-0.2, -0.15) is 5.26 Å². The van der Waals surface area contributed by atoms with Crippen LogP contribution in [0.5, 0.6) is 0 Å². The molecule has 2 aromatic rings. The van der Waals surface area contributed by atoms with Crippen molar-refractivity contribution in [1.82, 2.24) is 0 Å². The second-order valence-corrected chi connectivity index (χ2v) is 4.89. The second kappa shape index (κ2) is 5.58. The van der Waals surface area contributed by atoms with Crippen molar-refractivity contribution in [1.29, 1.82) is 5.26 Å². The lowest BCUT2D eigenvalue weighted by Gasteiger charge is -2.22. The molecule has 0 radical (unpaired) electrons. The molecule has 0 atom stereocenters. The summed E-state index contributed by atoms with van der Waals surface area (Å²) in [5.41, 5.74) is 5.83.